The monoisotopic (exact) mass is 328 g/mol. The van der Waals surface area contributed by atoms with Gasteiger partial charge in [0.2, 0.25) is 6.10 Å². The Morgan fingerprint density at radius 3 is 2.52 bits per heavy atom. The van der Waals surface area contributed by atoms with Crippen LogP contribution in [-0.4, -0.2) is 49.8 Å². The molecule has 128 valence electrons. The quantitative estimate of drug-likeness (QED) is 0.263. The van der Waals surface area contributed by atoms with Gasteiger partial charge in [0.1, 0.15) is 6.61 Å². The van der Waals surface area contributed by atoms with Crippen LogP contribution in [0.1, 0.15) is 32.6 Å². The Balaban J connectivity index is 2.04. The first-order valence-corrected chi connectivity index (χ1v) is 7.24. The van der Waals surface area contributed by atoms with E-state index in [1.54, 1.807) is 0 Å². The van der Waals surface area contributed by atoms with Crippen LogP contribution in [0.5, 0.6) is 0 Å². The average Bonchev–Trinajstić information content (AvgIpc) is 2.88. The van der Waals surface area contributed by atoms with Crippen molar-refractivity contribution >= 4 is 23.9 Å². The number of rotatable bonds is 9. The molecular formula is C15H20O8. The minimum Gasteiger partial charge on any atom is -0.466 e. The van der Waals surface area contributed by atoms with Crippen molar-refractivity contribution in [2.24, 2.45) is 0 Å². The van der Waals surface area contributed by atoms with E-state index < -0.39 is 30.0 Å². The number of esters is 4. The summed E-state index contributed by atoms with van der Waals surface area (Å²) in [4.78, 5) is 45.0. The highest BCUT2D eigenvalue weighted by atomic mass is 16.6. The predicted molar refractivity (Wildman–Crippen MR) is 76.0 cm³/mol. The molecule has 1 rings (SSSR count). The Labute approximate surface area is 133 Å². The molecule has 0 aliphatic carbocycles. The highest BCUT2D eigenvalue weighted by Gasteiger charge is 2.29. The predicted octanol–water partition coefficient (Wildman–Crippen LogP) is 0.678. The van der Waals surface area contributed by atoms with Gasteiger partial charge in [0.05, 0.1) is 19.6 Å². The van der Waals surface area contributed by atoms with Gasteiger partial charge < -0.3 is 18.9 Å². The first-order chi connectivity index (χ1) is 10.9. The molecule has 0 radical (unpaired) electrons. The highest BCUT2D eigenvalue weighted by molar-refractivity contribution is 5.87. The molecule has 1 unspecified atom stereocenters. The number of hydrogen-bond acceptors (Lipinski definition) is 8. The molecule has 1 saturated heterocycles. The Morgan fingerprint density at radius 1 is 1.17 bits per heavy atom. The standard InChI is InChI=1S/C15H20O8/c1-10(2)14(18)21-9-6-12(16)20-7-3-4-13(17)23-11-5-8-22-15(11)19/h11H,1,3-9H2,2H3. The van der Waals surface area contributed by atoms with Crippen molar-refractivity contribution in [2.75, 3.05) is 19.8 Å². The lowest BCUT2D eigenvalue weighted by Gasteiger charge is -2.08. The second-order valence-electron chi connectivity index (χ2n) is 4.92. The van der Waals surface area contributed by atoms with Crippen molar-refractivity contribution in [3.05, 3.63) is 12.2 Å². The van der Waals surface area contributed by atoms with Gasteiger partial charge in [-0.3, -0.25) is 9.59 Å². The average molecular weight is 328 g/mol. The van der Waals surface area contributed by atoms with Crippen molar-refractivity contribution in [3.8, 4) is 0 Å². The molecule has 0 amide bonds. The Hall–Kier alpha value is -2.38. The first-order valence-electron chi connectivity index (χ1n) is 7.24. The molecule has 0 bridgehead atoms. The van der Waals surface area contributed by atoms with Crippen LogP contribution in [0, 0.1) is 0 Å². The second-order valence-corrected chi connectivity index (χ2v) is 4.92. The van der Waals surface area contributed by atoms with Gasteiger partial charge in [0.15, 0.2) is 0 Å². The SMILES string of the molecule is C=C(C)C(=O)OCCC(=O)OCCCC(=O)OC1CCOC1=O. The molecule has 0 spiro atoms. The molecule has 0 aromatic rings. The number of carbonyl (C=O) groups excluding carboxylic acids is 4. The fourth-order valence-corrected chi connectivity index (χ4v) is 1.63. The molecular weight excluding hydrogens is 308 g/mol. The molecule has 8 heteroatoms. The summed E-state index contributed by atoms with van der Waals surface area (Å²) >= 11 is 0. The van der Waals surface area contributed by atoms with Gasteiger partial charge in [-0.15, -0.1) is 0 Å². The van der Waals surface area contributed by atoms with Crippen molar-refractivity contribution in [2.45, 2.75) is 38.7 Å². The molecule has 1 fully saturated rings. The van der Waals surface area contributed by atoms with Crippen LogP contribution in [0.2, 0.25) is 0 Å². The van der Waals surface area contributed by atoms with Gasteiger partial charge in [-0.05, 0) is 13.3 Å². The van der Waals surface area contributed by atoms with E-state index in [2.05, 4.69) is 11.3 Å². The van der Waals surface area contributed by atoms with Crippen molar-refractivity contribution in [1.29, 1.82) is 0 Å². The molecule has 1 aliphatic rings. The lowest BCUT2D eigenvalue weighted by atomic mass is 10.3. The molecule has 1 aliphatic heterocycles. The maximum absolute atomic E-state index is 11.5. The van der Waals surface area contributed by atoms with Crippen molar-refractivity contribution in [1.82, 2.24) is 0 Å². The van der Waals surface area contributed by atoms with E-state index in [0.717, 1.165) is 0 Å². The van der Waals surface area contributed by atoms with E-state index in [1.807, 2.05) is 0 Å². The largest absolute Gasteiger partial charge is 0.466 e. The lowest BCUT2D eigenvalue weighted by molar-refractivity contribution is -0.160. The van der Waals surface area contributed by atoms with Gasteiger partial charge in [-0.2, -0.15) is 0 Å². The molecule has 1 heterocycles. The zero-order valence-corrected chi connectivity index (χ0v) is 13.0. The van der Waals surface area contributed by atoms with Crippen LogP contribution in [0.4, 0.5) is 0 Å². The van der Waals surface area contributed by atoms with Crippen LogP contribution < -0.4 is 0 Å². The Kier molecular flexibility index (Phi) is 7.79. The van der Waals surface area contributed by atoms with E-state index in [1.165, 1.54) is 6.92 Å². The fourth-order valence-electron chi connectivity index (χ4n) is 1.63. The number of carbonyl (C=O) groups is 4. The third-order valence-electron chi connectivity index (χ3n) is 2.84. The Morgan fingerprint density at radius 2 is 1.91 bits per heavy atom. The Bertz CT molecular complexity index is 482. The maximum atomic E-state index is 11.5. The van der Waals surface area contributed by atoms with E-state index in [4.69, 9.17) is 14.2 Å². The molecule has 1 atom stereocenters. The summed E-state index contributed by atoms with van der Waals surface area (Å²) in [5.74, 6) is -2.17. The fraction of sp³-hybridized carbons (Fsp3) is 0.600. The topological polar surface area (TPSA) is 105 Å². The lowest BCUT2D eigenvalue weighted by Crippen LogP contribution is -2.22. The summed E-state index contributed by atoms with van der Waals surface area (Å²) in [6.45, 7) is 5.12. The third kappa shape index (κ3) is 7.44. The molecule has 0 aromatic heterocycles. The molecule has 0 saturated carbocycles. The molecule has 8 nitrogen and oxygen atoms in total. The summed E-state index contributed by atoms with van der Waals surface area (Å²) < 4.78 is 19.2. The number of ether oxygens (including phenoxy) is 4. The normalized spacial score (nSPS) is 16.4. The smallest absolute Gasteiger partial charge is 0.347 e. The zero-order chi connectivity index (χ0) is 17.2. The van der Waals surface area contributed by atoms with E-state index in [0.29, 0.717) is 6.42 Å². The van der Waals surface area contributed by atoms with Crippen molar-refractivity contribution in [3.63, 3.8) is 0 Å². The number of cyclic esters (lactones) is 1. The van der Waals surface area contributed by atoms with Gasteiger partial charge in [0, 0.05) is 18.4 Å². The van der Waals surface area contributed by atoms with Crippen LogP contribution in [0.15, 0.2) is 12.2 Å². The minimum absolute atomic E-state index is 0.0295. The summed E-state index contributed by atoms with van der Waals surface area (Å²) in [5, 5.41) is 0. The van der Waals surface area contributed by atoms with Crippen LogP contribution in [0.25, 0.3) is 0 Å². The summed E-state index contributed by atoms with van der Waals surface area (Å²) in [7, 11) is 0. The maximum Gasteiger partial charge on any atom is 0.347 e. The second kappa shape index (κ2) is 9.60. The zero-order valence-electron chi connectivity index (χ0n) is 13.0. The molecule has 23 heavy (non-hydrogen) atoms. The number of hydrogen-bond donors (Lipinski definition) is 0. The summed E-state index contributed by atoms with van der Waals surface area (Å²) in [6.07, 6.45) is -0.229. The van der Waals surface area contributed by atoms with E-state index in [9.17, 15) is 19.2 Å². The van der Waals surface area contributed by atoms with Crippen molar-refractivity contribution < 1.29 is 38.1 Å². The van der Waals surface area contributed by atoms with Gasteiger partial charge in [-0.25, -0.2) is 9.59 Å². The van der Waals surface area contributed by atoms with Crippen LogP contribution >= 0.6 is 0 Å². The molecule has 0 aromatic carbocycles. The van der Waals surface area contributed by atoms with Gasteiger partial charge in [-0.1, -0.05) is 6.58 Å². The molecule has 0 N–H and O–H groups in total. The summed E-state index contributed by atoms with van der Waals surface area (Å²) in [5.41, 5.74) is 0.253. The minimum atomic E-state index is -0.826. The van der Waals surface area contributed by atoms with Gasteiger partial charge >= 0.3 is 23.9 Å². The van der Waals surface area contributed by atoms with E-state index in [-0.39, 0.29) is 44.7 Å². The first kappa shape index (κ1) is 18.7. The van der Waals surface area contributed by atoms with E-state index >= 15 is 0 Å². The third-order valence-corrected chi connectivity index (χ3v) is 2.84. The highest BCUT2D eigenvalue weighted by Crippen LogP contribution is 2.11. The van der Waals surface area contributed by atoms with Gasteiger partial charge in [0.25, 0.3) is 0 Å². The van der Waals surface area contributed by atoms with Crippen LogP contribution in [0.3, 0.4) is 0 Å². The summed E-state index contributed by atoms with van der Waals surface area (Å²) in [6, 6.07) is 0. The van der Waals surface area contributed by atoms with Crippen LogP contribution in [-0.2, 0) is 38.1 Å².